The van der Waals surface area contributed by atoms with Crippen LogP contribution >= 0.6 is 0 Å². The van der Waals surface area contributed by atoms with Crippen LogP contribution in [0.3, 0.4) is 0 Å². The molecule has 0 aliphatic heterocycles. The molecule has 2 heterocycles. The monoisotopic (exact) mass is 374 g/mol. The molecule has 0 saturated heterocycles. The fourth-order valence-corrected chi connectivity index (χ4v) is 3.83. The molecule has 3 heteroatoms. The molecule has 0 aliphatic carbocycles. The molecule has 138 valence electrons. The summed E-state index contributed by atoms with van der Waals surface area (Å²) in [7, 11) is 0. The lowest BCUT2D eigenvalue weighted by Gasteiger charge is -2.18. The van der Waals surface area contributed by atoms with Crippen LogP contribution in [0.15, 0.2) is 114 Å². The summed E-state index contributed by atoms with van der Waals surface area (Å²) in [5.74, 6) is 0.616. The van der Waals surface area contributed by atoms with Crippen LogP contribution in [0.25, 0.3) is 39.0 Å². The average Bonchev–Trinajstić information content (AvgIpc) is 2.80. The molecule has 5 aromatic rings. The summed E-state index contributed by atoms with van der Waals surface area (Å²) >= 11 is 0. The van der Waals surface area contributed by atoms with Crippen molar-refractivity contribution in [2.24, 2.45) is 0 Å². The lowest BCUT2D eigenvalue weighted by atomic mass is 9.92. The number of rotatable bonds is 3. The highest BCUT2D eigenvalue weighted by molar-refractivity contribution is 6.02. The maximum absolute atomic E-state index is 13.9. The summed E-state index contributed by atoms with van der Waals surface area (Å²) in [6, 6.07) is 33.6. The van der Waals surface area contributed by atoms with E-state index >= 15 is 0 Å². The Kier molecular flexibility index (Phi) is 4.26. The van der Waals surface area contributed by atoms with Crippen LogP contribution in [0.5, 0.6) is 0 Å². The van der Waals surface area contributed by atoms with Gasteiger partial charge >= 0.3 is 0 Å². The van der Waals surface area contributed by atoms with Crippen LogP contribution in [0.1, 0.15) is 0 Å². The van der Waals surface area contributed by atoms with Gasteiger partial charge in [0.2, 0.25) is 0 Å². The zero-order valence-electron chi connectivity index (χ0n) is 15.7. The third-order valence-electron chi connectivity index (χ3n) is 5.08. The van der Waals surface area contributed by atoms with Crippen molar-refractivity contribution < 1.29 is 0 Å². The van der Waals surface area contributed by atoms with Crippen molar-refractivity contribution in [2.45, 2.75) is 0 Å². The van der Waals surface area contributed by atoms with E-state index in [2.05, 4.69) is 23.2 Å². The van der Waals surface area contributed by atoms with Gasteiger partial charge in [-0.05, 0) is 29.3 Å². The molecule has 0 atom stereocenters. The Morgan fingerprint density at radius 2 is 1.17 bits per heavy atom. The van der Waals surface area contributed by atoms with Crippen molar-refractivity contribution in [1.82, 2.24) is 9.55 Å². The number of para-hydroxylation sites is 1. The van der Waals surface area contributed by atoms with E-state index in [-0.39, 0.29) is 5.56 Å². The average molecular weight is 374 g/mol. The summed E-state index contributed by atoms with van der Waals surface area (Å²) in [5, 5.41) is 1.02. The van der Waals surface area contributed by atoms with Crippen molar-refractivity contribution in [3.63, 3.8) is 0 Å². The number of nitrogens with zero attached hydrogens (tertiary/aromatic N) is 2. The molecule has 0 saturated carbocycles. The molecule has 0 radical (unpaired) electrons. The summed E-state index contributed by atoms with van der Waals surface area (Å²) in [6.45, 7) is 0. The Morgan fingerprint density at radius 1 is 0.586 bits per heavy atom. The summed E-state index contributed by atoms with van der Waals surface area (Å²) in [6.07, 6.45) is 1.71. The first-order valence-corrected chi connectivity index (χ1v) is 9.54. The van der Waals surface area contributed by atoms with E-state index < -0.39 is 0 Å². The van der Waals surface area contributed by atoms with Gasteiger partial charge in [0.25, 0.3) is 5.56 Å². The van der Waals surface area contributed by atoms with E-state index in [9.17, 15) is 4.79 Å². The molecular weight excluding hydrogens is 356 g/mol. The smallest absolute Gasteiger partial charge is 0.265 e. The molecule has 0 N–H and O–H groups in total. The largest absolute Gasteiger partial charge is 0.268 e. The zero-order valence-corrected chi connectivity index (χ0v) is 15.7. The minimum absolute atomic E-state index is 0.0764. The fraction of sp³-hybridized carbons (Fsp3) is 0. The molecule has 0 spiro atoms. The minimum atomic E-state index is -0.0764. The highest BCUT2D eigenvalue weighted by atomic mass is 16.1. The third-order valence-corrected chi connectivity index (χ3v) is 5.08. The molecule has 0 unspecified atom stereocenters. The van der Waals surface area contributed by atoms with Crippen molar-refractivity contribution >= 4 is 10.9 Å². The maximum atomic E-state index is 13.9. The minimum Gasteiger partial charge on any atom is -0.268 e. The van der Waals surface area contributed by atoms with E-state index in [1.165, 1.54) is 0 Å². The highest BCUT2D eigenvalue weighted by Gasteiger charge is 2.20. The SMILES string of the molecule is O=c1c(-c2ccccc2)c(-c2ccccc2)c2ccccc2n1-c1ccccn1. The van der Waals surface area contributed by atoms with E-state index in [4.69, 9.17) is 0 Å². The predicted octanol–water partition coefficient (Wildman–Crippen LogP) is 5.72. The normalized spacial score (nSPS) is 10.9. The standard InChI is InChI=1S/C26H18N2O/c29-26-25(20-13-5-2-6-14-20)24(19-11-3-1-4-12-19)21-15-7-8-16-22(21)28(26)23-17-9-10-18-27-23/h1-18H. The summed E-state index contributed by atoms with van der Waals surface area (Å²) in [4.78, 5) is 18.4. The van der Waals surface area contributed by atoms with Gasteiger partial charge in [0, 0.05) is 17.1 Å². The Morgan fingerprint density at radius 3 is 1.83 bits per heavy atom. The van der Waals surface area contributed by atoms with Crippen LogP contribution in [-0.4, -0.2) is 9.55 Å². The number of hydrogen-bond acceptors (Lipinski definition) is 2. The molecule has 0 aliphatic rings. The quantitative estimate of drug-likeness (QED) is 0.405. The number of hydrogen-bond donors (Lipinski definition) is 0. The van der Waals surface area contributed by atoms with Crippen molar-refractivity contribution in [2.75, 3.05) is 0 Å². The topological polar surface area (TPSA) is 34.9 Å². The third kappa shape index (κ3) is 2.93. The second-order valence-electron chi connectivity index (χ2n) is 6.83. The lowest BCUT2D eigenvalue weighted by Crippen LogP contribution is -2.22. The van der Waals surface area contributed by atoms with Crippen LogP contribution in [0, 0.1) is 0 Å². The Bertz CT molecular complexity index is 1340. The van der Waals surface area contributed by atoms with Gasteiger partial charge in [-0.2, -0.15) is 0 Å². The Balaban J connectivity index is 2.00. The number of pyridine rings is 2. The van der Waals surface area contributed by atoms with Gasteiger partial charge < -0.3 is 0 Å². The summed E-state index contributed by atoms with van der Waals surface area (Å²) < 4.78 is 1.71. The van der Waals surface area contributed by atoms with E-state index in [1.54, 1.807) is 10.8 Å². The first kappa shape index (κ1) is 17.1. The molecule has 0 bridgehead atoms. The van der Waals surface area contributed by atoms with Gasteiger partial charge in [0.05, 0.1) is 11.1 Å². The predicted molar refractivity (Wildman–Crippen MR) is 118 cm³/mol. The summed E-state index contributed by atoms with van der Waals surface area (Å²) in [5.41, 5.74) is 4.31. The van der Waals surface area contributed by atoms with E-state index in [0.29, 0.717) is 11.4 Å². The van der Waals surface area contributed by atoms with Crippen LogP contribution in [0.2, 0.25) is 0 Å². The molecule has 29 heavy (non-hydrogen) atoms. The van der Waals surface area contributed by atoms with E-state index in [1.807, 2.05) is 84.9 Å². The molecular formula is C26H18N2O. The first-order valence-electron chi connectivity index (χ1n) is 9.54. The molecule has 2 aromatic heterocycles. The van der Waals surface area contributed by atoms with Gasteiger partial charge in [-0.3, -0.25) is 9.36 Å². The second kappa shape index (κ2) is 7.21. The van der Waals surface area contributed by atoms with Crippen molar-refractivity contribution in [3.8, 4) is 28.1 Å². The lowest BCUT2D eigenvalue weighted by molar-refractivity contribution is 0.987. The molecule has 0 amide bonds. The van der Waals surface area contributed by atoms with Gasteiger partial charge in [0.1, 0.15) is 5.82 Å². The van der Waals surface area contributed by atoms with E-state index in [0.717, 1.165) is 27.6 Å². The second-order valence-corrected chi connectivity index (χ2v) is 6.83. The Labute approximate surface area is 168 Å². The number of benzene rings is 3. The molecule has 3 nitrogen and oxygen atoms in total. The van der Waals surface area contributed by atoms with Gasteiger partial charge in [0.15, 0.2) is 0 Å². The van der Waals surface area contributed by atoms with Gasteiger partial charge in [-0.25, -0.2) is 4.98 Å². The fourth-order valence-electron chi connectivity index (χ4n) is 3.83. The molecule has 3 aromatic carbocycles. The highest BCUT2D eigenvalue weighted by Crippen LogP contribution is 2.36. The van der Waals surface area contributed by atoms with Crippen molar-refractivity contribution in [3.05, 3.63) is 120 Å². The number of fused-ring (bicyclic) bond motifs is 1. The van der Waals surface area contributed by atoms with Crippen molar-refractivity contribution in [1.29, 1.82) is 0 Å². The van der Waals surface area contributed by atoms with Crippen LogP contribution in [0.4, 0.5) is 0 Å². The van der Waals surface area contributed by atoms with Gasteiger partial charge in [-0.15, -0.1) is 0 Å². The Hall–Kier alpha value is -3.98. The van der Waals surface area contributed by atoms with Crippen LogP contribution < -0.4 is 5.56 Å². The molecule has 5 rings (SSSR count). The van der Waals surface area contributed by atoms with Gasteiger partial charge in [-0.1, -0.05) is 84.9 Å². The number of aromatic nitrogens is 2. The zero-order chi connectivity index (χ0) is 19.6. The first-order chi connectivity index (χ1) is 14.3. The van der Waals surface area contributed by atoms with Crippen LogP contribution in [-0.2, 0) is 0 Å². The molecule has 0 fully saturated rings. The maximum Gasteiger partial charge on any atom is 0.265 e.